The van der Waals surface area contributed by atoms with E-state index in [0.29, 0.717) is 0 Å². The van der Waals surface area contributed by atoms with E-state index in [0.717, 1.165) is 12.1 Å². The monoisotopic (exact) mass is 332 g/mol. The summed E-state index contributed by atoms with van der Waals surface area (Å²) in [6.45, 7) is 0. The molecule has 3 aliphatic heterocycles. The summed E-state index contributed by atoms with van der Waals surface area (Å²) in [5, 5.41) is 0. The van der Waals surface area contributed by atoms with Crippen LogP contribution >= 0.6 is 15.9 Å². The number of fused-ring (bicyclic) bond motifs is 2. The Balaban J connectivity index is 1.85. The molecule has 0 aromatic heterocycles. The summed E-state index contributed by atoms with van der Waals surface area (Å²) in [4.78, 5) is 7.43. The Morgan fingerprint density at radius 1 is 1.47 bits per heavy atom. The molecule has 0 aromatic carbocycles. The summed E-state index contributed by atoms with van der Waals surface area (Å²) in [7, 11) is 2.28. The molecule has 2 unspecified atom stereocenters. The summed E-state index contributed by atoms with van der Waals surface area (Å²) < 4.78 is 3.05. The molecule has 0 aliphatic carbocycles. The van der Waals surface area contributed by atoms with E-state index in [1.165, 1.54) is 23.7 Å². The van der Waals surface area contributed by atoms with Crippen molar-refractivity contribution in [3.05, 3.63) is 31.1 Å². The minimum atomic E-state index is -0.699. The topological polar surface area (TPSA) is 3.24 Å². The van der Waals surface area contributed by atoms with Gasteiger partial charge in [0.05, 0.1) is 0 Å². The van der Waals surface area contributed by atoms with Gasteiger partial charge in [0, 0.05) is 0 Å². The summed E-state index contributed by atoms with van der Waals surface area (Å²) in [5.74, 6) is 0. The van der Waals surface area contributed by atoms with E-state index in [-0.39, 0.29) is 0 Å². The van der Waals surface area contributed by atoms with Gasteiger partial charge in [0.25, 0.3) is 0 Å². The van der Waals surface area contributed by atoms with E-state index < -0.39 is 13.9 Å². The third-order valence-corrected chi connectivity index (χ3v) is 8.67. The van der Waals surface area contributed by atoms with E-state index in [4.69, 9.17) is 0 Å². The van der Waals surface area contributed by atoms with Crippen LogP contribution in [0.1, 0.15) is 19.3 Å². The number of likely N-dealkylation sites (N-methyl/N-ethyl adjacent to an activating group) is 1. The van der Waals surface area contributed by atoms with Crippen molar-refractivity contribution in [3.63, 3.8) is 0 Å². The van der Waals surface area contributed by atoms with Crippen molar-refractivity contribution in [1.29, 1.82) is 0 Å². The van der Waals surface area contributed by atoms with Crippen molar-refractivity contribution in [2.45, 2.75) is 31.3 Å². The van der Waals surface area contributed by atoms with Crippen LogP contribution in [0.5, 0.6) is 0 Å². The van der Waals surface area contributed by atoms with Crippen LogP contribution in [0.4, 0.5) is 0 Å². The first-order valence-electron chi connectivity index (χ1n) is 5.44. The second-order valence-corrected chi connectivity index (χ2v) is 9.12. The summed E-state index contributed by atoms with van der Waals surface area (Å²) in [6, 6.07) is 1.57. The normalized spacial score (nSPS) is 35.9. The first kappa shape index (κ1) is 10.3. The molecule has 15 heavy (non-hydrogen) atoms. The van der Waals surface area contributed by atoms with Crippen LogP contribution in [-0.4, -0.2) is 37.9 Å². The van der Waals surface area contributed by atoms with Crippen LogP contribution in [0.3, 0.4) is 0 Å². The van der Waals surface area contributed by atoms with Crippen LogP contribution < -0.4 is 0 Å². The van der Waals surface area contributed by atoms with Gasteiger partial charge in [-0.05, 0) is 0 Å². The van der Waals surface area contributed by atoms with Crippen LogP contribution in [0.15, 0.2) is 31.1 Å². The Labute approximate surface area is 104 Å². The van der Waals surface area contributed by atoms with Crippen LogP contribution in [0.25, 0.3) is 0 Å². The molecule has 1 fully saturated rings. The van der Waals surface area contributed by atoms with Crippen molar-refractivity contribution in [1.82, 2.24) is 4.90 Å². The summed E-state index contributed by atoms with van der Waals surface area (Å²) in [5.41, 5.74) is 0. The molecule has 0 N–H and O–H groups in total. The minimum absolute atomic E-state index is 0.699. The Bertz CT molecular complexity index is 372. The van der Waals surface area contributed by atoms with Gasteiger partial charge in [-0.25, -0.2) is 0 Å². The molecule has 1 radical (unpaired) electrons. The van der Waals surface area contributed by atoms with Crippen molar-refractivity contribution in [3.8, 4) is 0 Å². The Kier molecular flexibility index (Phi) is 2.68. The van der Waals surface area contributed by atoms with Crippen LogP contribution in [0, 0.1) is 0 Å². The molecule has 3 heteroatoms. The quantitative estimate of drug-likeness (QED) is 0.668. The molecular weight excluding hydrogens is 317 g/mol. The molecular formula is C12H15BrNSe. The number of allylic oxidation sites excluding steroid dienone is 2. The Morgan fingerprint density at radius 2 is 2.33 bits per heavy atom. The molecule has 0 aromatic rings. The number of hydrogen-bond donors (Lipinski definition) is 0. The molecule has 3 heterocycles. The third kappa shape index (κ3) is 1.80. The van der Waals surface area contributed by atoms with Crippen LogP contribution in [0.2, 0.25) is 0 Å². The Morgan fingerprint density at radius 3 is 3.00 bits per heavy atom. The maximum absolute atomic E-state index is 3.57. The fraction of sp³-hybridized carbons (Fsp3) is 0.500. The van der Waals surface area contributed by atoms with Gasteiger partial charge in [-0.2, -0.15) is 0 Å². The van der Waals surface area contributed by atoms with Crippen molar-refractivity contribution in [2.75, 3.05) is 7.05 Å². The average Bonchev–Trinajstić information content (AvgIpc) is 2.70. The molecule has 81 valence electrons. The number of hydrogen-bond acceptors (Lipinski definition) is 1. The maximum atomic E-state index is 3.57. The summed E-state index contributed by atoms with van der Waals surface area (Å²) in [6.07, 6.45) is 8.87. The molecule has 3 aliphatic rings. The van der Waals surface area contributed by atoms with Gasteiger partial charge in [-0.1, -0.05) is 0 Å². The second-order valence-electron chi connectivity index (χ2n) is 4.48. The molecule has 0 spiro atoms. The first-order chi connectivity index (χ1) is 7.24. The molecule has 2 atom stereocenters. The van der Waals surface area contributed by atoms with E-state index in [1.54, 1.807) is 4.47 Å². The van der Waals surface area contributed by atoms with Gasteiger partial charge in [0.15, 0.2) is 0 Å². The molecule has 0 saturated carbocycles. The SMILES string of the molecule is CN1C2C=C([Se]3C=CC(Br)=C3)CC1CC2. The Hall–Kier alpha value is 0.179. The molecule has 1 nitrogen and oxygen atoms in total. The van der Waals surface area contributed by atoms with E-state index in [9.17, 15) is 0 Å². The second kappa shape index (κ2) is 3.88. The average molecular weight is 332 g/mol. The predicted octanol–water partition coefficient (Wildman–Crippen LogP) is 2.74. The molecule has 0 amide bonds. The van der Waals surface area contributed by atoms with Crippen molar-refractivity contribution in [2.24, 2.45) is 0 Å². The summed E-state index contributed by atoms with van der Waals surface area (Å²) >= 11 is 2.87. The number of halogens is 1. The zero-order valence-electron chi connectivity index (χ0n) is 8.82. The van der Waals surface area contributed by atoms with Gasteiger partial charge >= 0.3 is 104 Å². The first-order valence-corrected chi connectivity index (χ1v) is 9.07. The van der Waals surface area contributed by atoms with Crippen molar-refractivity contribution >= 4 is 29.8 Å². The predicted molar refractivity (Wildman–Crippen MR) is 69.2 cm³/mol. The van der Waals surface area contributed by atoms with Gasteiger partial charge < -0.3 is 0 Å². The van der Waals surface area contributed by atoms with Gasteiger partial charge in [-0.3, -0.25) is 0 Å². The van der Waals surface area contributed by atoms with E-state index in [1.807, 2.05) is 0 Å². The number of nitrogens with zero attached hydrogens (tertiary/aromatic N) is 1. The van der Waals surface area contributed by atoms with Gasteiger partial charge in [0.2, 0.25) is 0 Å². The zero-order valence-corrected chi connectivity index (χ0v) is 12.1. The zero-order chi connectivity index (χ0) is 10.4. The molecule has 3 rings (SSSR count). The number of rotatable bonds is 1. The fourth-order valence-electron chi connectivity index (χ4n) is 2.68. The van der Waals surface area contributed by atoms with Gasteiger partial charge in [-0.15, -0.1) is 0 Å². The third-order valence-electron chi connectivity index (χ3n) is 3.63. The van der Waals surface area contributed by atoms with Crippen LogP contribution in [-0.2, 0) is 0 Å². The molecule has 2 bridgehead atoms. The standard InChI is InChI=1S/C12H15BrNSe/c1-14-10-2-3-11(14)7-12(6-10)15-5-4-9(13)8-15/h4-6,8,10-11H,2-3,7H2,1H3. The molecule has 1 saturated heterocycles. The van der Waals surface area contributed by atoms with E-state index >= 15 is 0 Å². The van der Waals surface area contributed by atoms with Gasteiger partial charge in [0.1, 0.15) is 0 Å². The van der Waals surface area contributed by atoms with E-state index in [2.05, 4.69) is 50.0 Å². The van der Waals surface area contributed by atoms with Crippen molar-refractivity contribution < 1.29 is 0 Å². The fourth-order valence-corrected chi connectivity index (χ4v) is 7.86.